The molecule has 0 aliphatic heterocycles. The Hall–Kier alpha value is -4.03. The smallest absolute Gasteiger partial charge is 0.325 e. The molecule has 10 nitrogen and oxygen atoms in total. The quantitative estimate of drug-likeness (QED) is 0.279. The van der Waals surface area contributed by atoms with Gasteiger partial charge in [-0.25, -0.2) is 23.2 Å². The number of aromatic amines is 1. The maximum atomic E-state index is 13.3. The lowest BCUT2D eigenvalue weighted by Crippen LogP contribution is -2.21. The third-order valence-corrected chi connectivity index (χ3v) is 7.70. The molecule has 12 heteroatoms. The average molecular weight is 526 g/mol. The molecule has 0 aliphatic carbocycles. The maximum Gasteiger partial charge on any atom is 0.325 e. The first-order chi connectivity index (χ1) is 17.3. The minimum absolute atomic E-state index is 0.0821. The molecule has 4 rings (SSSR count). The molecule has 2 heterocycles. The summed E-state index contributed by atoms with van der Waals surface area (Å²) in [6.45, 7) is 1.85. The molecular weight excluding hydrogens is 502 g/mol. The van der Waals surface area contributed by atoms with Crippen LogP contribution in [0.4, 0.5) is 15.6 Å². The molecule has 36 heavy (non-hydrogen) atoms. The normalized spacial score (nSPS) is 11.2. The topological polar surface area (TPSA) is 143 Å². The Balaban J connectivity index is 1.44. The van der Waals surface area contributed by atoms with Crippen LogP contribution in [0.25, 0.3) is 0 Å². The lowest BCUT2D eigenvalue weighted by atomic mass is 9.99. The number of nitrogens with zero attached hydrogens (tertiary/aromatic N) is 2. The number of rotatable bonds is 9. The van der Waals surface area contributed by atoms with Gasteiger partial charge in [0.25, 0.3) is 0 Å². The third-order valence-electron chi connectivity index (χ3n) is 5.18. The van der Waals surface area contributed by atoms with E-state index in [0.717, 1.165) is 16.9 Å². The molecule has 2 amide bonds. The van der Waals surface area contributed by atoms with E-state index in [2.05, 4.69) is 25.6 Å². The summed E-state index contributed by atoms with van der Waals surface area (Å²) in [5, 5.41) is 5.55. The van der Waals surface area contributed by atoms with Crippen LogP contribution in [0, 0.1) is 6.92 Å². The number of thiazole rings is 1. The van der Waals surface area contributed by atoms with Crippen LogP contribution in [-0.4, -0.2) is 48.0 Å². The van der Waals surface area contributed by atoms with Gasteiger partial charge >= 0.3 is 6.03 Å². The Kier molecular flexibility index (Phi) is 7.46. The van der Waals surface area contributed by atoms with Crippen molar-refractivity contribution in [1.29, 1.82) is 0 Å². The van der Waals surface area contributed by atoms with E-state index < -0.39 is 15.9 Å². The van der Waals surface area contributed by atoms with Gasteiger partial charge in [0.2, 0.25) is 15.0 Å². The van der Waals surface area contributed by atoms with E-state index in [0.29, 0.717) is 32.6 Å². The van der Waals surface area contributed by atoms with Crippen molar-refractivity contribution in [1.82, 2.24) is 15.0 Å². The first kappa shape index (κ1) is 25.1. The Morgan fingerprint density at radius 1 is 1.08 bits per heavy atom. The van der Waals surface area contributed by atoms with Gasteiger partial charge in [0, 0.05) is 29.0 Å². The van der Waals surface area contributed by atoms with Crippen LogP contribution in [0.15, 0.2) is 66.2 Å². The van der Waals surface area contributed by atoms with Crippen LogP contribution < -0.4 is 15.4 Å². The molecule has 0 radical (unpaired) electrons. The first-order valence-electron chi connectivity index (χ1n) is 10.8. The summed E-state index contributed by atoms with van der Waals surface area (Å²) < 4.78 is 29.9. The standard InChI is InChI=1S/C24H23N5O5S2/c1-15-7-8-19(18(13-15)21(30)17-5-3-4-6-20(17)34-2)28-22(31)29-23-27-14-16(35-23)9-12-36(32,33)24-25-10-11-26-24/h3-8,10-11,13-14H,9,12H2,1-2H3,(H,25,26)(H2,27,28,29,31). The lowest BCUT2D eigenvalue weighted by Gasteiger charge is -2.13. The zero-order valence-corrected chi connectivity index (χ0v) is 21.1. The predicted molar refractivity (Wildman–Crippen MR) is 137 cm³/mol. The van der Waals surface area contributed by atoms with Gasteiger partial charge in [-0.3, -0.25) is 10.1 Å². The summed E-state index contributed by atoms with van der Waals surface area (Å²) in [5.41, 5.74) is 1.88. The third kappa shape index (κ3) is 5.78. The number of hydrogen-bond donors (Lipinski definition) is 3. The Morgan fingerprint density at radius 3 is 2.64 bits per heavy atom. The molecule has 0 aliphatic rings. The number of H-pyrrole nitrogens is 1. The van der Waals surface area contributed by atoms with Gasteiger partial charge < -0.3 is 15.0 Å². The van der Waals surface area contributed by atoms with Crippen LogP contribution in [-0.2, 0) is 16.3 Å². The molecule has 0 atom stereocenters. The van der Waals surface area contributed by atoms with Gasteiger partial charge in [-0.05, 0) is 37.6 Å². The van der Waals surface area contributed by atoms with Gasteiger partial charge in [-0.1, -0.05) is 23.8 Å². The summed E-state index contributed by atoms with van der Waals surface area (Å²) in [6.07, 6.45) is 4.56. The number of ether oxygens (including phenoxy) is 1. The number of methoxy groups -OCH3 is 1. The molecule has 3 N–H and O–H groups in total. The number of carbonyl (C=O) groups is 2. The summed E-state index contributed by atoms with van der Waals surface area (Å²) in [4.78, 5) is 37.2. The highest BCUT2D eigenvalue weighted by atomic mass is 32.2. The highest BCUT2D eigenvalue weighted by Crippen LogP contribution is 2.27. The maximum absolute atomic E-state index is 13.3. The molecule has 0 spiro atoms. The number of carbonyl (C=O) groups excluding carboxylic acids is 2. The number of benzene rings is 2. The van der Waals surface area contributed by atoms with E-state index in [-0.39, 0.29) is 23.1 Å². The number of sulfone groups is 1. The minimum atomic E-state index is -3.54. The van der Waals surface area contributed by atoms with Gasteiger partial charge in [0.05, 0.1) is 24.1 Å². The lowest BCUT2D eigenvalue weighted by molar-refractivity contribution is 0.103. The van der Waals surface area contributed by atoms with Gasteiger partial charge in [-0.2, -0.15) is 0 Å². The number of imidazole rings is 1. The number of para-hydroxylation sites is 1. The Morgan fingerprint density at radius 2 is 1.89 bits per heavy atom. The number of aryl methyl sites for hydroxylation is 2. The highest BCUT2D eigenvalue weighted by molar-refractivity contribution is 7.91. The molecular formula is C24H23N5O5S2. The van der Waals surface area contributed by atoms with Gasteiger partial charge in [0.1, 0.15) is 5.75 Å². The molecule has 0 bridgehead atoms. The predicted octanol–water partition coefficient (Wildman–Crippen LogP) is 4.07. The van der Waals surface area contributed by atoms with Crippen molar-refractivity contribution < 1.29 is 22.7 Å². The van der Waals surface area contributed by atoms with E-state index in [4.69, 9.17) is 4.74 Å². The minimum Gasteiger partial charge on any atom is -0.496 e. The summed E-state index contributed by atoms with van der Waals surface area (Å²) in [5.74, 6) is -0.00361. The van der Waals surface area contributed by atoms with Crippen molar-refractivity contribution in [3.63, 3.8) is 0 Å². The van der Waals surface area contributed by atoms with Crippen LogP contribution >= 0.6 is 11.3 Å². The Bertz CT molecular complexity index is 1500. The van der Waals surface area contributed by atoms with Crippen molar-refractivity contribution >= 4 is 43.8 Å². The Labute approximate surface area is 211 Å². The van der Waals surface area contributed by atoms with Crippen molar-refractivity contribution in [3.05, 3.63) is 82.6 Å². The zero-order valence-electron chi connectivity index (χ0n) is 19.4. The first-order valence-corrected chi connectivity index (χ1v) is 13.3. The second-order valence-electron chi connectivity index (χ2n) is 7.75. The number of urea groups is 1. The monoisotopic (exact) mass is 525 g/mol. The summed E-state index contributed by atoms with van der Waals surface area (Å²) in [7, 11) is -2.05. The molecule has 0 fully saturated rings. The van der Waals surface area contributed by atoms with Crippen molar-refractivity contribution in [2.45, 2.75) is 18.5 Å². The van der Waals surface area contributed by atoms with Crippen molar-refractivity contribution in [3.8, 4) is 5.75 Å². The number of nitrogens with one attached hydrogen (secondary N) is 3. The van der Waals surface area contributed by atoms with Crippen molar-refractivity contribution in [2.24, 2.45) is 0 Å². The molecule has 0 unspecified atom stereocenters. The molecule has 0 saturated carbocycles. The largest absolute Gasteiger partial charge is 0.496 e. The van der Waals surface area contributed by atoms with Gasteiger partial charge in [0.15, 0.2) is 10.9 Å². The molecule has 2 aromatic carbocycles. The van der Waals surface area contributed by atoms with E-state index in [1.165, 1.54) is 25.7 Å². The number of hydrogen-bond acceptors (Lipinski definition) is 8. The number of anilines is 2. The van der Waals surface area contributed by atoms with Crippen LogP contribution in [0.1, 0.15) is 26.4 Å². The van der Waals surface area contributed by atoms with Crippen LogP contribution in [0.3, 0.4) is 0 Å². The zero-order chi connectivity index (χ0) is 25.7. The number of amides is 2. The summed E-state index contributed by atoms with van der Waals surface area (Å²) in [6, 6.07) is 11.4. The van der Waals surface area contributed by atoms with Crippen LogP contribution in [0.2, 0.25) is 0 Å². The van der Waals surface area contributed by atoms with Gasteiger partial charge in [-0.15, -0.1) is 11.3 Å². The van der Waals surface area contributed by atoms with E-state index >= 15 is 0 Å². The van der Waals surface area contributed by atoms with E-state index in [1.54, 1.807) is 42.5 Å². The van der Waals surface area contributed by atoms with Crippen LogP contribution in [0.5, 0.6) is 5.75 Å². The average Bonchev–Trinajstić information content (AvgIpc) is 3.56. The second-order valence-corrected chi connectivity index (χ2v) is 10.9. The second kappa shape index (κ2) is 10.7. The molecule has 4 aromatic rings. The van der Waals surface area contributed by atoms with E-state index in [9.17, 15) is 18.0 Å². The highest BCUT2D eigenvalue weighted by Gasteiger charge is 2.20. The van der Waals surface area contributed by atoms with Crippen molar-refractivity contribution in [2.75, 3.05) is 23.5 Å². The SMILES string of the molecule is COc1ccccc1C(=O)c1cc(C)ccc1NC(=O)Nc1ncc(CCS(=O)(=O)c2ncc[nH]2)s1. The van der Waals surface area contributed by atoms with E-state index in [1.807, 2.05) is 6.92 Å². The molecule has 186 valence electrons. The molecule has 2 aromatic heterocycles. The fourth-order valence-corrected chi connectivity index (χ4v) is 5.50. The fraction of sp³-hybridized carbons (Fsp3) is 0.167. The number of aromatic nitrogens is 3. The summed E-state index contributed by atoms with van der Waals surface area (Å²) >= 11 is 1.16. The fourth-order valence-electron chi connectivity index (χ4n) is 3.42. The molecule has 0 saturated heterocycles. The number of ketones is 1.